The third-order valence-corrected chi connectivity index (χ3v) is 3.71. The van der Waals surface area contributed by atoms with E-state index in [0.717, 1.165) is 0 Å². The van der Waals surface area contributed by atoms with Gasteiger partial charge in [0.15, 0.2) is 9.84 Å². The first-order chi connectivity index (χ1) is 6.05. The van der Waals surface area contributed by atoms with E-state index in [9.17, 15) is 13.2 Å². The molecule has 13 heavy (non-hydrogen) atoms. The number of nitrogens with one attached hydrogen (secondary N) is 1. The van der Waals surface area contributed by atoms with Gasteiger partial charge in [-0.2, -0.15) is 0 Å². The van der Waals surface area contributed by atoms with Gasteiger partial charge in [0.1, 0.15) is 0 Å². The van der Waals surface area contributed by atoms with Crippen molar-refractivity contribution in [3.8, 4) is 0 Å². The summed E-state index contributed by atoms with van der Waals surface area (Å²) in [7, 11) is -1.82. The van der Waals surface area contributed by atoms with Gasteiger partial charge in [-0.05, 0) is 0 Å². The standard InChI is InChI=1S/C7H13NO4S/c1-12-7(9)6-4-8-2-3-13(10,11)5-6/h6,8H,2-5H2,1H3/t6-/m1/s1. The molecule has 1 saturated heterocycles. The highest BCUT2D eigenvalue weighted by Gasteiger charge is 2.28. The maximum atomic E-state index is 11.3. The van der Waals surface area contributed by atoms with Gasteiger partial charge < -0.3 is 10.1 Å². The first kappa shape index (κ1) is 10.5. The van der Waals surface area contributed by atoms with Crippen molar-refractivity contribution in [1.82, 2.24) is 5.32 Å². The molecule has 0 bridgehead atoms. The molecule has 0 aromatic rings. The van der Waals surface area contributed by atoms with Crippen LogP contribution >= 0.6 is 0 Å². The first-order valence-electron chi connectivity index (χ1n) is 4.04. The molecule has 0 saturated carbocycles. The molecule has 1 atom stereocenters. The van der Waals surface area contributed by atoms with Crippen molar-refractivity contribution in [3.05, 3.63) is 0 Å². The average molecular weight is 207 g/mol. The highest BCUT2D eigenvalue weighted by atomic mass is 32.2. The zero-order chi connectivity index (χ0) is 9.90. The molecular weight excluding hydrogens is 194 g/mol. The Bertz CT molecular complexity index is 285. The van der Waals surface area contributed by atoms with Gasteiger partial charge in [0.25, 0.3) is 0 Å². The molecule has 6 heteroatoms. The summed E-state index contributed by atoms with van der Waals surface area (Å²) in [6.45, 7) is 0.793. The topological polar surface area (TPSA) is 72.5 Å². The number of rotatable bonds is 1. The summed E-state index contributed by atoms with van der Waals surface area (Å²) >= 11 is 0. The minimum absolute atomic E-state index is 0.0977. The van der Waals surface area contributed by atoms with Gasteiger partial charge in [-0.1, -0.05) is 0 Å². The van der Waals surface area contributed by atoms with Crippen LogP contribution in [0.2, 0.25) is 0 Å². The first-order valence-corrected chi connectivity index (χ1v) is 5.86. The van der Waals surface area contributed by atoms with Crippen molar-refractivity contribution in [2.75, 3.05) is 31.7 Å². The number of carbonyl (C=O) groups excluding carboxylic acids is 1. The lowest BCUT2D eigenvalue weighted by molar-refractivity contribution is -0.144. The lowest BCUT2D eigenvalue weighted by Crippen LogP contribution is -2.30. The van der Waals surface area contributed by atoms with Crippen LogP contribution in [0.3, 0.4) is 0 Å². The summed E-state index contributed by atoms with van der Waals surface area (Å²) < 4.78 is 27.0. The molecule has 1 heterocycles. The molecule has 0 amide bonds. The van der Waals surface area contributed by atoms with Gasteiger partial charge in [-0.15, -0.1) is 0 Å². The Morgan fingerprint density at radius 1 is 1.54 bits per heavy atom. The Labute approximate surface area is 77.4 Å². The lowest BCUT2D eigenvalue weighted by atomic mass is 10.2. The van der Waals surface area contributed by atoms with E-state index in [1.54, 1.807) is 0 Å². The van der Waals surface area contributed by atoms with Crippen molar-refractivity contribution in [2.45, 2.75) is 0 Å². The lowest BCUT2D eigenvalue weighted by Gasteiger charge is -2.09. The Kier molecular flexibility index (Phi) is 3.27. The van der Waals surface area contributed by atoms with Crippen molar-refractivity contribution in [3.63, 3.8) is 0 Å². The van der Waals surface area contributed by atoms with Crippen LogP contribution in [0.5, 0.6) is 0 Å². The summed E-state index contributed by atoms with van der Waals surface area (Å²) in [4.78, 5) is 11.1. The molecule has 1 aliphatic rings. The summed E-state index contributed by atoms with van der Waals surface area (Å²) in [6.07, 6.45) is 0. The molecule has 0 radical (unpaired) electrons. The Balaban J connectivity index is 2.71. The van der Waals surface area contributed by atoms with Crippen LogP contribution < -0.4 is 5.32 Å². The van der Waals surface area contributed by atoms with E-state index >= 15 is 0 Å². The molecule has 1 fully saturated rings. The van der Waals surface area contributed by atoms with Crippen LogP contribution in [-0.4, -0.2) is 46.1 Å². The number of hydrogen-bond acceptors (Lipinski definition) is 5. The average Bonchev–Trinajstić information content (AvgIpc) is 2.25. The van der Waals surface area contributed by atoms with Crippen LogP contribution in [0.4, 0.5) is 0 Å². The second-order valence-electron chi connectivity index (χ2n) is 3.04. The summed E-state index contributed by atoms with van der Waals surface area (Å²) in [5.41, 5.74) is 0. The third kappa shape index (κ3) is 2.96. The molecule has 1 rings (SSSR count). The number of carbonyl (C=O) groups is 1. The molecule has 5 nitrogen and oxygen atoms in total. The molecule has 0 aromatic carbocycles. The number of ether oxygens (including phenoxy) is 1. The summed E-state index contributed by atoms with van der Waals surface area (Å²) in [5.74, 6) is -1.02. The molecular formula is C7H13NO4S. The fourth-order valence-electron chi connectivity index (χ4n) is 1.27. The highest BCUT2D eigenvalue weighted by molar-refractivity contribution is 7.91. The van der Waals surface area contributed by atoms with Gasteiger partial charge in [-0.25, -0.2) is 8.42 Å². The molecule has 1 aliphatic heterocycles. The van der Waals surface area contributed by atoms with Crippen molar-refractivity contribution < 1.29 is 17.9 Å². The predicted molar refractivity (Wildman–Crippen MR) is 47.0 cm³/mol. The van der Waals surface area contributed by atoms with Crippen LogP contribution in [0, 0.1) is 5.92 Å². The van der Waals surface area contributed by atoms with Crippen molar-refractivity contribution in [2.24, 2.45) is 5.92 Å². The quantitative estimate of drug-likeness (QED) is 0.546. The monoisotopic (exact) mass is 207 g/mol. The predicted octanol–water partition coefficient (Wildman–Crippen LogP) is -1.21. The molecule has 0 aliphatic carbocycles. The van der Waals surface area contributed by atoms with E-state index < -0.39 is 21.7 Å². The number of sulfone groups is 1. The highest BCUT2D eigenvalue weighted by Crippen LogP contribution is 2.07. The van der Waals surface area contributed by atoms with Crippen molar-refractivity contribution >= 4 is 15.8 Å². The maximum Gasteiger partial charge on any atom is 0.310 e. The zero-order valence-corrected chi connectivity index (χ0v) is 8.26. The van der Waals surface area contributed by atoms with Crippen molar-refractivity contribution in [1.29, 1.82) is 0 Å². The van der Waals surface area contributed by atoms with E-state index in [2.05, 4.69) is 10.1 Å². The van der Waals surface area contributed by atoms with E-state index in [-0.39, 0.29) is 11.5 Å². The molecule has 76 valence electrons. The minimum atomic E-state index is -3.09. The Hall–Kier alpha value is -0.620. The van der Waals surface area contributed by atoms with E-state index in [0.29, 0.717) is 13.1 Å². The molecule has 0 unspecified atom stereocenters. The fraction of sp³-hybridized carbons (Fsp3) is 0.857. The number of hydrogen-bond donors (Lipinski definition) is 1. The van der Waals surface area contributed by atoms with Gasteiger partial charge >= 0.3 is 5.97 Å². The fourth-order valence-corrected chi connectivity index (χ4v) is 2.76. The van der Waals surface area contributed by atoms with Crippen LogP contribution in [0.1, 0.15) is 0 Å². The van der Waals surface area contributed by atoms with Crippen LogP contribution in [0.25, 0.3) is 0 Å². The smallest absolute Gasteiger partial charge is 0.310 e. The maximum absolute atomic E-state index is 11.3. The normalized spacial score (nSPS) is 27.6. The SMILES string of the molecule is COC(=O)[C@@H]1CNCCS(=O)(=O)C1. The minimum Gasteiger partial charge on any atom is -0.469 e. The number of esters is 1. The van der Waals surface area contributed by atoms with Gasteiger partial charge in [0, 0.05) is 13.1 Å². The van der Waals surface area contributed by atoms with Crippen LogP contribution in [-0.2, 0) is 19.4 Å². The second-order valence-corrected chi connectivity index (χ2v) is 5.27. The Morgan fingerprint density at radius 2 is 2.23 bits per heavy atom. The van der Waals surface area contributed by atoms with E-state index in [1.807, 2.05) is 0 Å². The van der Waals surface area contributed by atoms with Gasteiger partial charge in [-0.3, -0.25) is 4.79 Å². The third-order valence-electron chi connectivity index (χ3n) is 1.97. The largest absolute Gasteiger partial charge is 0.469 e. The second kappa shape index (κ2) is 4.06. The van der Waals surface area contributed by atoms with Gasteiger partial charge in [0.2, 0.25) is 0 Å². The van der Waals surface area contributed by atoms with Crippen LogP contribution in [0.15, 0.2) is 0 Å². The molecule has 0 aromatic heterocycles. The Morgan fingerprint density at radius 3 is 2.85 bits per heavy atom. The molecule has 0 spiro atoms. The van der Waals surface area contributed by atoms with E-state index in [4.69, 9.17) is 0 Å². The summed E-state index contributed by atoms with van der Waals surface area (Å²) in [5, 5.41) is 2.89. The van der Waals surface area contributed by atoms with E-state index in [1.165, 1.54) is 7.11 Å². The summed E-state index contributed by atoms with van der Waals surface area (Å²) in [6, 6.07) is 0. The molecule has 1 N–H and O–H groups in total. The number of methoxy groups -OCH3 is 1. The van der Waals surface area contributed by atoms with Gasteiger partial charge in [0.05, 0.1) is 24.5 Å². The zero-order valence-electron chi connectivity index (χ0n) is 7.45.